The van der Waals surface area contributed by atoms with Gasteiger partial charge in [0.05, 0.1) is 5.92 Å². The molecule has 0 bridgehead atoms. The van der Waals surface area contributed by atoms with Crippen LogP contribution < -0.4 is 14.8 Å². The third kappa shape index (κ3) is 3.53. The largest absolute Gasteiger partial charge is 0.457 e. The number of nitrogens with one attached hydrogen (secondary N) is 1. The van der Waals surface area contributed by atoms with Crippen LogP contribution in [0.4, 0.5) is 8.78 Å². The molecule has 28 heavy (non-hydrogen) atoms. The zero-order chi connectivity index (χ0) is 19.5. The predicted octanol–water partition coefficient (Wildman–Crippen LogP) is 4.84. The van der Waals surface area contributed by atoms with Crippen molar-refractivity contribution in [1.29, 1.82) is 0 Å². The normalized spacial score (nSPS) is 12.7. The van der Waals surface area contributed by atoms with E-state index in [1.807, 2.05) is 48.5 Å². The Balaban J connectivity index is 1.60. The lowest BCUT2D eigenvalue weighted by Gasteiger charge is -2.27. The number of carbonyl (C=O) groups is 1. The van der Waals surface area contributed by atoms with Gasteiger partial charge in [-0.25, -0.2) is 0 Å². The van der Waals surface area contributed by atoms with Gasteiger partial charge in [-0.3, -0.25) is 4.79 Å². The molecule has 4 rings (SSSR count). The molecule has 4 nitrogen and oxygen atoms in total. The van der Waals surface area contributed by atoms with Crippen LogP contribution in [-0.4, -0.2) is 12.5 Å². The van der Waals surface area contributed by atoms with Gasteiger partial charge in [-0.1, -0.05) is 54.6 Å². The number of para-hydroxylation sites is 3. The summed E-state index contributed by atoms with van der Waals surface area (Å²) in [5.41, 5.74) is 2.00. The molecule has 0 aromatic heterocycles. The number of ether oxygens (including phenoxy) is 2. The summed E-state index contributed by atoms with van der Waals surface area (Å²) in [6.07, 6.45) is 0. The SMILES string of the molecule is O=C(NCc1ccccc1OC(F)F)C1c2ccccc2Oc2ccccc21. The maximum absolute atomic E-state index is 13.1. The van der Waals surface area contributed by atoms with Gasteiger partial charge in [0.2, 0.25) is 5.91 Å². The summed E-state index contributed by atoms with van der Waals surface area (Å²) in [4.78, 5) is 13.1. The summed E-state index contributed by atoms with van der Waals surface area (Å²) >= 11 is 0. The van der Waals surface area contributed by atoms with E-state index < -0.39 is 12.5 Å². The second-order valence-corrected chi connectivity index (χ2v) is 6.31. The Kier molecular flexibility index (Phi) is 4.93. The lowest BCUT2D eigenvalue weighted by molar-refractivity contribution is -0.122. The molecule has 0 saturated heterocycles. The van der Waals surface area contributed by atoms with E-state index in [1.165, 1.54) is 6.07 Å². The lowest BCUT2D eigenvalue weighted by Crippen LogP contribution is -2.31. The maximum Gasteiger partial charge on any atom is 0.387 e. The molecule has 0 aliphatic carbocycles. The lowest BCUT2D eigenvalue weighted by atomic mass is 9.87. The van der Waals surface area contributed by atoms with E-state index in [0.29, 0.717) is 17.1 Å². The van der Waals surface area contributed by atoms with Crippen LogP contribution in [0.2, 0.25) is 0 Å². The van der Waals surface area contributed by atoms with Gasteiger partial charge in [-0.05, 0) is 18.2 Å². The van der Waals surface area contributed by atoms with E-state index in [4.69, 9.17) is 4.74 Å². The molecule has 0 unspecified atom stereocenters. The van der Waals surface area contributed by atoms with Crippen LogP contribution in [0.25, 0.3) is 0 Å². The third-order valence-corrected chi connectivity index (χ3v) is 4.58. The standard InChI is InChI=1S/C22H17F2NO3/c23-22(24)28-17-10-4-1-7-14(17)13-25-21(26)20-15-8-2-5-11-18(15)27-19-12-6-3-9-16(19)20/h1-12,20,22H,13H2,(H,25,26). The first kappa shape index (κ1) is 18.0. The average molecular weight is 381 g/mol. The van der Waals surface area contributed by atoms with Crippen LogP contribution in [-0.2, 0) is 11.3 Å². The van der Waals surface area contributed by atoms with E-state index in [-0.39, 0.29) is 18.2 Å². The molecule has 1 aliphatic rings. The third-order valence-electron chi connectivity index (χ3n) is 4.58. The second kappa shape index (κ2) is 7.68. The van der Waals surface area contributed by atoms with Crippen molar-refractivity contribution >= 4 is 5.91 Å². The minimum absolute atomic E-state index is 0.0468. The molecule has 1 amide bonds. The molecule has 3 aromatic carbocycles. The van der Waals surface area contributed by atoms with Crippen molar-refractivity contribution in [2.75, 3.05) is 0 Å². The molecule has 0 radical (unpaired) electrons. The van der Waals surface area contributed by atoms with E-state index in [2.05, 4.69) is 10.1 Å². The summed E-state index contributed by atoms with van der Waals surface area (Å²) in [5, 5.41) is 2.84. The van der Waals surface area contributed by atoms with Crippen molar-refractivity contribution in [2.24, 2.45) is 0 Å². The number of alkyl halides is 2. The van der Waals surface area contributed by atoms with Crippen molar-refractivity contribution in [3.05, 3.63) is 89.5 Å². The van der Waals surface area contributed by atoms with Crippen LogP contribution in [0.5, 0.6) is 17.2 Å². The molecule has 142 valence electrons. The van der Waals surface area contributed by atoms with E-state index >= 15 is 0 Å². The second-order valence-electron chi connectivity index (χ2n) is 6.31. The first-order valence-electron chi connectivity index (χ1n) is 8.79. The molecular formula is C22H17F2NO3. The topological polar surface area (TPSA) is 47.6 Å². The Morgan fingerprint density at radius 1 is 0.929 bits per heavy atom. The Bertz CT molecular complexity index is 961. The Labute approximate surface area is 160 Å². The van der Waals surface area contributed by atoms with Crippen LogP contribution >= 0.6 is 0 Å². The summed E-state index contributed by atoms with van der Waals surface area (Å²) in [6.45, 7) is -2.85. The number of hydrogen-bond acceptors (Lipinski definition) is 3. The molecule has 1 heterocycles. The first-order chi connectivity index (χ1) is 13.6. The number of halogens is 2. The van der Waals surface area contributed by atoms with Gasteiger partial charge in [-0.2, -0.15) is 8.78 Å². The molecular weight excluding hydrogens is 364 g/mol. The Morgan fingerprint density at radius 3 is 2.14 bits per heavy atom. The smallest absolute Gasteiger partial charge is 0.387 e. The maximum atomic E-state index is 13.1. The fraction of sp³-hybridized carbons (Fsp3) is 0.136. The van der Waals surface area contributed by atoms with Crippen molar-refractivity contribution in [3.8, 4) is 17.2 Å². The van der Waals surface area contributed by atoms with Crippen molar-refractivity contribution in [2.45, 2.75) is 19.1 Å². The van der Waals surface area contributed by atoms with Gasteiger partial charge in [0, 0.05) is 23.2 Å². The van der Waals surface area contributed by atoms with Crippen molar-refractivity contribution < 1.29 is 23.0 Å². The van der Waals surface area contributed by atoms with Crippen LogP contribution in [0.15, 0.2) is 72.8 Å². The van der Waals surface area contributed by atoms with Crippen LogP contribution in [0, 0.1) is 0 Å². The molecule has 1 N–H and O–H groups in total. The van der Waals surface area contributed by atoms with E-state index in [1.54, 1.807) is 18.2 Å². The number of fused-ring (bicyclic) bond motifs is 2. The van der Waals surface area contributed by atoms with Gasteiger partial charge in [0.15, 0.2) is 0 Å². The van der Waals surface area contributed by atoms with Gasteiger partial charge in [0.25, 0.3) is 0 Å². The quantitative estimate of drug-likeness (QED) is 0.688. The first-order valence-corrected chi connectivity index (χ1v) is 8.79. The van der Waals surface area contributed by atoms with E-state index in [9.17, 15) is 13.6 Å². The van der Waals surface area contributed by atoms with Gasteiger partial charge >= 0.3 is 6.61 Å². The highest BCUT2D eigenvalue weighted by molar-refractivity contribution is 5.89. The number of benzene rings is 3. The van der Waals surface area contributed by atoms with Gasteiger partial charge < -0.3 is 14.8 Å². The molecule has 0 spiro atoms. The number of carbonyl (C=O) groups excluding carboxylic acids is 1. The Hall–Kier alpha value is -3.41. The molecule has 3 aromatic rings. The number of rotatable bonds is 5. The number of amides is 1. The zero-order valence-corrected chi connectivity index (χ0v) is 14.8. The highest BCUT2D eigenvalue weighted by Crippen LogP contribution is 2.43. The summed E-state index contributed by atoms with van der Waals surface area (Å²) in [7, 11) is 0. The minimum atomic E-state index is -2.92. The van der Waals surface area contributed by atoms with Crippen molar-refractivity contribution in [3.63, 3.8) is 0 Å². The van der Waals surface area contributed by atoms with Gasteiger partial charge in [-0.15, -0.1) is 0 Å². The van der Waals surface area contributed by atoms with Crippen LogP contribution in [0.3, 0.4) is 0 Å². The predicted molar refractivity (Wildman–Crippen MR) is 99.7 cm³/mol. The Morgan fingerprint density at radius 2 is 1.50 bits per heavy atom. The monoisotopic (exact) mass is 381 g/mol. The number of hydrogen-bond donors (Lipinski definition) is 1. The summed E-state index contributed by atoms with van der Waals surface area (Å²) in [6, 6.07) is 21.1. The summed E-state index contributed by atoms with van der Waals surface area (Å²) < 4.78 is 35.6. The molecule has 0 saturated carbocycles. The molecule has 6 heteroatoms. The van der Waals surface area contributed by atoms with E-state index in [0.717, 1.165) is 11.1 Å². The van der Waals surface area contributed by atoms with Crippen LogP contribution in [0.1, 0.15) is 22.6 Å². The summed E-state index contributed by atoms with van der Waals surface area (Å²) in [5.74, 6) is 0.510. The zero-order valence-electron chi connectivity index (χ0n) is 14.8. The molecule has 0 atom stereocenters. The molecule has 1 aliphatic heterocycles. The average Bonchev–Trinajstić information content (AvgIpc) is 2.70. The highest BCUT2D eigenvalue weighted by atomic mass is 19.3. The van der Waals surface area contributed by atoms with Gasteiger partial charge in [0.1, 0.15) is 17.2 Å². The molecule has 0 fully saturated rings. The fourth-order valence-electron chi connectivity index (χ4n) is 3.34. The fourth-order valence-corrected chi connectivity index (χ4v) is 3.34. The highest BCUT2D eigenvalue weighted by Gasteiger charge is 2.32. The minimum Gasteiger partial charge on any atom is -0.457 e. The van der Waals surface area contributed by atoms with Crippen molar-refractivity contribution in [1.82, 2.24) is 5.32 Å².